The fraction of sp³-hybridized carbons (Fsp3) is 0.958. The zero-order valence-corrected chi connectivity index (χ0v) is 22.5. The zero-order chi connectivity index (χ0) is 29.9. The lowest BCUT2D eigenvalue weighted by atomic mass is 9.79. The average Bonchev–Trinajstić information content (AvgIpc) is 2.92. The van der Waals surface area contributed by atoms with Gasteiger partial charge in [0.2, 0.25) is 5.91 Å². The molecule has 3 aliphatic rings. The third kappa shape index (κ3) is 7.09. The van der Waals surface area contributed by atoms with Crippen LogP contribution in [0.4, 0.5) is 0 Å². The molecule has 0 aromatic rings. The summed E-state index contributed by atoms with van der Waals surface area (Å²) >= 11 is 0. The Kier molecular flexibility index (Phi) is 12.0. The molecule has 13 N–H and O–H groups in total. The second kappa shape index (κ2) is 14.4. The number of carbonyl (C=O) groups is 1. The van der Waals surface area contributed by atoms with E-state index in [0.29, 0.717) is 6.42 Å². The molecule has 0 spiro atoms. The number of amides is 1. The van der Waals surface area contributed by atoms with Gasteiger partial charge in [0.25, 0.3) is 0 Å². The van der Waals surface area contributed by atoms with Gasteiger partial charge in [0.05, 0.1) is 30.9 Å². The molecule has 0 unspecified atom stereocenters. The van der Waals surface area contributed by atoms with Gasteiger partial charge in [-0.3, -0.25) is 4.79 Å². The Morgan fingerprint density at radius 1 is 0.925 bits per heavy atom. The second-order valence-corrected chi connectivity index (χ2v) is 10.8. The van der Waals surface area contributed by atoms with Gasteiger partial charge in [-0.25, -0.2) is 0 Å². The number of nitrogens with one attached hydrogen (secondary N) is 1. The highest BCUT2D eigenvalue weighted by Gasteiger charge is 2.52. The molecule has 16 atom stereocenters. The first-order chi connectivity index (χ1) is 18.9. The molecular formula is C24H45N3O13. The van der Waals surface area contributed by atoms with Crippen molar-refractivity contribution in [3.8, 4) is 0 Å². The smallest absolute Gasteiger partial charge is 0.249 e. The topological polar surface area (TPSA) is 280 Å². The maximum atomic E-state index is 12.6. The lowest BCUT2D eigenvalue weighted by Gasteiger charge is -2.49. The molecule has 2 aliphatic heterocycles. The molecule has 3 fully saturated rings. The van der Waals surface area contributed by atoms with Gasteiger partial charge in [-0.05, 0) is 31.7 Å². The summed E-state index contributed by atoms with van der Waals surface area (Å²) in [7, 11) is 0. The lowest BCUT2D eigenvalue weighted by molar-refractivity contribution is -0.337. The first-order valence-electron chi connectivity index (χ1n) is 13.6. The van der Waals surface area contributed by atoms with Crippen LogP contribution >= 0.6 is 0 Å². The standard InChI is InChI=1S/C24H45N3O13/c1-3-11-15(31)17(33)18(34)24(37-11)39-20-8(2)6-9(27-22(36)10(29)4-5-25)21(19(20)35)40-23-16(32)13(26)14(30)12(7-28)38-23/h8-21,23-24,28-35H,3-7,25-26H2,1-2H3,(H,27,36)/t8-,9+,10-,11+,12+,13-,14+,15+,16+,17-,18+,19-,20+,21-,23+,24+/m0/s1. The third-order valence-electron chi connectivity index (χ3n) is 7.92. The van der Waals surface area contributed by atoms with E-state index >= 15 is 0 Å². The van der Waals surface area contributed by atoms with E-state index in [1.807, 2.05) is 0 Å². The van der Waals surface area contributed by atoms with Gasteiger partial charge in [0, 0.05) is 0 Å². The second-order valence-electron chi connectivity index (χ2n) is 10.8. The van der Waals surface area contributed by atoms with E-state index in [0.717, 1.165) is 0 Å². The summed E-state index contributed by atoms with van der Waals surface area (Å²) in [6, 6.07) is -2.23. The number of aliphatic hydroxyl groups is 8. The summed E-state index contributed by atoms with van der Waals surface area (Å²) in [5.41, 5.74) is 11.3. The van der Waals surface area contributed by atoms with E-state index in [1.165, 1.54) is 0 Å². The molecule has 1 aliphatic carbocycles. The Morgan fingerprint density at radius 2 is 1.52 bits per heavy atom. The summed E-state index contributed by atoms with van der Waals surface area (Å²) in [4.78, 5) is 12.6. The Balaban J connectivity index is 1.85. The lowest BCUT2D eigenvalue weighted by Crippen LogP contribution is -2.67. The number of hydrogen-bond acceptors (Lipinski definition) is 15. The quantitative estimate of drug-likeness (QED) is 0.114. The van der Waals surface area contributed by atoms with Crippen LogP contribution in [0.2, 0.25) is 0 Å². The molecule has 1 amide bonds. The Bertz CT molecular complexity index is 810. The van der Waals surface area contributed by atoms with Crippen LogP contribution < -0.4 is 16.8 Å². The molecule has 0 aromatic heterocycles. The van der Waals surface area contributed by atoms with Crippen molar-refractivity contribution in [2.75, 3.05) is 13.2 Å². The van der Waals surface area contributed by atoms with Crippen molar-refractivity contribution in [3.63, 3.8) is 0 Å². The maximum Gasteiger partial charge on any atom is 0.249 e. The van der Waals surface area contributed by atoms with Crippen LogP contribution in [0.1, 0.15) is 33.1 Å². The van der Waals surface area contributed by atoms with E-state index in [2.05, 4.69) is 5.32 Å². The normalized spacial score (nSPS) is 47.0. The number of rotatable bonds is 10. The SMILES string of the molecule is CC[C@H]1O[C@H](O[C@H]2[C@H](O)[C@@H](O[C@H]3O[C@H](CO)[C@@H](O)[C@H](N)[C@H]3O)[C@H](NC(=O)[C@@H](O)CCN)C[C@@H]2C)[C@H](O)[C@@H](O)[C@@H]1O. The van der Waals surface area contributed by atoms with Crippen LogP contribution in [-0.2, 0) is 23.7 Å². The van der Waals surface area contributed by atoms with Crippen molar-refractivity contribution >= 4 is 5.91 Å². The molecule has 2 heterocycles. The highest BCUT2D eigenvalue weighted by atomic mass is 16.7. The summed E-state index contributed by atoms with van der Waals surface area (Å²) < 4.78 is 23.0. The van der Waals surface area contributed by atoms with Crippen LogP contribution in [0.25, 0.3) is 0 Å². The fourth-order valence-corrected chi connectivity index (χ4v) is 5.43. The summed E-state index contributed by atoms with van der Waals surface area (Å²) in [6.45, 7) is 2.80. The number of carbonyl (C=O) groups excluding carboxylic acids is 1. The molecule has 3 rings (SSSR count). The van der Waals surface area contributed by atoms with Crippen LogP contribution in [0, 0.1) is 5.92 Å². The molecule has 40 heavy (non-hydrogen) atoms. The van der Waals surface area contributed by atoms with Crippen molar-refractivity contribution in [1.29, 1.82) is 0 Å². The first kappa shape index (κ1) is 33.4. The third-order valence-corrected chi connectivity index (χ3v) is 7.92. The van der Waals surface area contributed by atoms with Gasteiger partial charge >= 0.3 is 0 Å². The highest BCUT2D eigenvalue weighted by Crippen LogP contribution is 2.35. The molecule has 234 valence electrons. The molecule has 2 saturated heterocycles. The first-order valence-corrected chi connectivity index (χ1v) is 13.6. The van der Waals surface area contributed by atoms with E-state index < -0.39 is 110 Å². The van der Waals surface area contributed by atoms with E-state index in [9.17, 15) is 45.6 Å². The molecule has 1 saturated carbocycles. The van der Waals surface area contributed by atoms with E-state index in [-0.39, 0.29) is 19.4 Å². The van der Waals surface area contributed by atoms with Gasteiger partial charge < -0.3 is 76.6 Å². The van der Waals surface area contributed by atoms with Gasteiger partial charge in [0.1, 0.15) is 54.9 Å². The largest absolute Gasteiger partial charge is 0.394 e. The fourth-order valence-electron chi connectivity index (χ4n) is 5.43. The van der Waals surface area contributed by atoms with Gasteiger partial charge in [-0.1, -0.05) is 13.8 Å². The molecule has 16 nitrogen and oxygen atoms in total. The Hall–Kier alpha value is -1.09. The molecule has 0 radical (unpaired) electrons. The van der Waals surface area contributed by atoms with Crippen molar-refractivity contribution in [1.82, 2.24) is 5.32 Å². The van der Waals surface area contributed by atoms with Crippen LogP contribution in [-0.4, -0.2) is 152 Å². The average molecular weight is 584 g/mol. The van der Waals surface area contributed by atoms with E-state index in [1.54, 1.807) is 13.8 Å². The molecule has 0 aromatic carbocycles. The highest BCUT2D eigenvalue weighted by molar-refractivity contribution is 5.80. The van der Waals surface area contributed by atoms with Crippen LogP contribution in [0.3, 0.4) is 0 Å². The Labute approximate surface area is 231 Å². The van der Waals surface area contributed by atoms with Crippen molar-refractivity contribution in [3.05, 3.63) is 0 Å². The summed E-state index contributed by atoms with van der Waals surface area (Å²) in [5, 5.41) is 85.5. The summed E-state index contributed by atoms with van der Waals surface area (Å²) in [5.74, 6) is -1.29. The van der Waals surface area contributed by atoms with Crippen LogP contribution in [0.15, 0.2) is 0 Å². The predicted octanol–water partition coefficient (Wildman–Crippen LogP) is -5.66. The molecule has 0 bridgehead atoms. The number of ether oxygens (including phenoxy) is 4. The number of aliphatic hydroxyl groups excluding tert-OH is 8. The minimum atomic E-state index is -1.64. The predicted molar refractivity (Wildman–Crippen MR) is 134 cm³/mol. The van der Waals surface area contributed by atoms with Crippen LogP contribution in [0.5, 0.6) is 0 Å². The molecule has 16 heteroatoms. The van der Waals surface area contributed by atoms with Crippen molar-refractivity contribution in [2.24, 2.45) is 17.4 Å². The summed E-state index contributed by atoms with van der Waals surface area (Å²) in [6.07, 6.45) is -17.7. The number of hydrogen-bond donors (Lipinski definition) is 11. The monoisotopic (exact) mass is 583 g/mol. The minimum Gasteiger partial charge on any atom is -0.394 e. The minimum absolute atomic E-state index is 0.0209. The van der Waals surface area contributed by atoms with E-state index in [4.69, 9.17) is 30.4 Å². The van der Waals surface area contributed by atoms with Gasteiger partial charge in [-0.2, -0.15) is 0 Å². The molecular weight excluding hydrogens is 538 g/mol. The Morgan fingerprint density at radius 3 is 2.12 bits per heavy atom. The number of nitrogens with two attached hydrogens (primary N) is 2. The maximum absolute atomic E-state index is 12.6. The van der Waals surface area contributed by atoms with Crippen molar-refractivity contribution < 1.29 is 64.6 Å². The van der Waals surface area contributed by atoms with Gasteiger partial charge in [-0.15, -0.1) is 0 Å². The van der Waals surface area contributed by atoms with Crippen molar-refractivity contribution in [2.45, 2.75) is 125 Å². The van der Waals surface area contributed by atoms with Gasteiger partial charge in [0.15, 0.2) is 12.6 Å². The zero-order valence-electron chi connectivity index (χ0n) is 22.5.